The maximum absolute atomic E-state index is 4.95. The van der Waals surface area contributed by atoms with Crippen LogP contribution in [-0.2, 0) is 4.74 Å². The van der Waals surface area contributed by atoms with Gasteiger partial charge in [0, 0.05) is 32.8 Å². The van der Waals surface area contributed by atoms with Gasteiger partial charge in [-0.05, 0) is 27.2 Å². The van der Waals surface area contributed by atoms with Gasteiger partial charge in [0.05, 0.1) is 0 Å². The highest BCUT2D eigenvalue weighted by Crippen LogP contribution is 1.84. The number of nitrogens with one attached hydrogen (secondary N) is 2. The number of ether oxygens (including phenoxy) is 1. The molecule has 0 aliphatic heterocycles. The predicted molar refractivity (Wildman–Crippen MR) is 76.2 cm³/mol. The van der Waals surface area contributed by atoms with Crippen molar-refractivity contribution in [1.82, 2.24) is 10.6 Å². The maximum atomic E-state index is 4.95. The van der Waals surface area contributed by atoms with Gasteiger partial charge in [-0.1, -0.05) is 0 Å². The summed E-state index contributed by atoms with van der Waals surface area (Å²) in [6, 6.07) is 0.412. The van der Waals surface area contributed by atoms with Crippen LogP contribution in [0.5, 0.6) is 0 Å². The molecule has 15 heavy (non-hydrogen) atoms. The summed E-state index contributed by atoms with van der Waals surface area (Å²) in [5, 5.41) is 6.44. The Hall–Kier alpha value is -0.0400. The third kappa shape index (κ3) is 11.9. The molecule has 2 N–H and O–H groups in total. The van der Waals surface area contributed by atoms with E-state index in [1.165, 1.54) is 0 Å². The quantitative estimate of drug-likeness (QED) is 0.337. The van der Waals surface area contributed by atoms with E-state index in [1.807, 2.05) is 0 Å². The lowest BCUT2D eigenvalue weighted by molar-refractivity contribution is 0.197. The van der Waals surface area contributed by atoms with E-state index in [0.29, 0.717) is 6.04 Å². The molecule has 0 aromatic carbocycles. The van der Waals surface area contributed by atoms with Crippen LogP contribution in [0.3, 0.4) is 0 Å². The van der Waals surface area contributed by atoms with Crippen molar-refractivity contribution >= 4 is 29.9 Å². The van der Waals surface area contributed by atoms with Crippen molar-refractivity contribution in [2.75, 3.05) is 26.8 Å². The van der Waals surface area contributed by atoms with E-state index in [4.69, 9.17) is 4.74 Å². The molecule has 0 fully saturated rings. The third-order valence-electron chi connectivity index (χ3n) is 1.55. The van der Waals surface area contributed by atoms with Crippen LogP contribution < -0.4 is 10.6 Å². The fourth-order valence-electron chi connectivity index (χ4n) is 0.993. The summed E-state index contributed by atoms with van der Waals surface area (Å²) in [6.45, 7) is 8.72. The molecule has 0 aliphatic rings. The average Bonchev–Trinajstić information content (AvgIpc) is 2.12. The minimum atomic E-state index is 0. The topological polar surface area (TPSA) is 45.7 Å². The third-order valence-corrected chi connectivity index (χ3v) is 1.55. The number of guanidine groups is 1. The second-order valence-corrected chi connectivity index (χ2v) is 3.41. The largest absolute Gasteiger partial charge is 0.385 e. The van der Waals surface area contributed by atoms with Crippen LogP contribution >= 0.6 is 24.0 Å². The van der Waals surface area contributed by atoms with Crippen LogP contribution in [0, 0.1) is 0 Å². The van der Waals surface area contributed by atoms with Gasteiger partial charge in [-0.25, -0.2) is 0 Å². The lowest BCUT2D eigenvalue weighted by atomic mass is 10.4. The zero-order chi connectivity index (χ0) is 10.8. The van der Waals surface area contributed by atoms with E-state index >= 15 is 0 Å². The highest BCUT2D eigenvalue weighted by Gasteiger charge is 1.97. The smallest absolute Gasteiger partial charge is 0.191 e. The first-order valence-electron chi connectivity index (χ1n) is 5.24. The van der Waals surface area contributed by atoms with Gasteiger partial charge in [0.1, 0.15) is 0 Å². The van der Waals surface area contributed by atoms with E-state index in [9.17, 15) is 0 Å². The molecule has 92 valence electrons. The lowest BCUT2D eigenvalue weighted by Crippen LogP contribution is -2.41. The molecular weight excluding hydrogens is 305 g/mol. The molecule has 0 heterocycles. The summed E-state index contributed by atoms with van der Waals surface area (Å²) in [7, 11) is 1.71. The molecule has 0 aromatic heterocycles. The molecule has 0 atom stereocenters. The standard InChI is InChI=1S/C10H23N3O.HI/c1-5-11-10(13-9(2)3)12-7-6-8-14-4;/h9H,5-8H2,1-4H3,(H2,11,12,13);1H. The van der Waals surface area contributed by atoms with Crippen LogP contribution in [0.2, 0.25) is 0 Å². The van der Waals surface area contributed by atoms with Crippen LogP contribution in [-0.4, -0.2) is 38.8 Å². The highest BCUT2D eigenvalue weighted by molar-refractivity contribution is 14.0. The second kappa shape index (κ2) is 12.0. The zero-order valence-electron chi connectivity index (χ0n) is 10.2. The van der Waals surface area contributed by atoms with Crippen LogP contribution in [0.15, 0.2) is 4.99 Å². The maximum Gasteiger partial charge on any atom is 0.191 e. The number of methoxy groups -OCH3 is 1. The number of halogens is 1. The van der Waals surface area contributed by atoms with Crippen LogP contribution in [0.25, 0.3) is 0 Å². The Bertz CT molecular complexity index is 163. The van der Waals surface area contributed by atoms with Gasteiger partial charge in [0.2, 0.25) is 0 Å². The Kier molecular flexibility index (Phi) is 13.9. The van der Waals surface area contributed by atoms with Crippen molar-refractivity contribution < 1.29 is 4.74 Å². The highest BCUT2D eigenvalue weighted by atomic mass is 127. The van der Waals surface area contributed by atoms with Gasteiger partial charge in [-0.15, -0.1) is 24.0 Å². The summed E-state index contributed by atoms with van der Waals surface area (Å²) in [6.07, 6.45) is 0.963. The van der Waals surface area contributed by atoms with E-state index in [0.717, 1.165) is 32.1 Å². The molecule has 0 unspecified atom stereocenters. The Morgan fingerprint density at radius 2 is 2.07 bits per heavy atom. The molecular formula is C10H24IN3O. The first-order valence-corrected chi connectivity index (χ1v) is 5.24. The van der Waals surface area contributed by atoms with Crippen molar-refractivity contribution in [3.05, 3.63) is 0 Å². The molecule has 0 amide bonds. The number of hydrogen-bond acceptors (Lipinski definition) is 2. The number of rotatable bonds is 6. The summed E-state index contributed by atoms with van der Waals surface area (Å²) in [4.78, 5) is 4.41. The van der Waals surface area contributed by atoms with Gasteiger partial charge in [0.15, 0.2) is 5.96 Å². The minimum Gasteiger partial charge on any atom is -0.385 e. The number of nitrogens with zero attached hydrogens (tertiary/aromatic N) is 1. The van der Waals surface area contributed by atoms with E-state index in [2.05, 4.69) is 36.4 Å². The molecule has 0 spiro atoms. The zero-order valence-corrected chi connectivity index (χ0v) is 12.5. The van der Waals surface area contributed by atoms with Crippen molar-refractivity contribution in [1.29, 1.82) is 0 Å². The molecule has 0 radical (unpaired) electrons. The van der Waals surface area contributed by atoms with Gasteiger partial charge in [0.25, 0.3) is 0 Å². The monoisotopic (exact) mass is 329 g/mol. The molecule has 0 aromatic rings. The Balaban J connectivity index is 0. The summed E-state index contributed by atoms with van der Waals surface area (Å²) >= 11 is 0. The fourth-order valence-corrected chi connectivity index (χ4v) is 0.993. The van der Waals surface area contributed by atoms with Crippen molar-refractivity contribution in [3.8, 4) is 0 Å². The molecule has 5 heteroatoms. The summed E-state index contributed by atoms with van der Waals surface area (Å²) < 4.78 is 4.95. The van der Waals surface area contributed by atoms with Crippen molar-refractivity contribution in [2.24, 2.45) is 4.99 Å². The van der Waals surface area contributed by atoms with Crippen molar-refractivity contribution in [3.63, 3.8) is 0 Å². The number of aliphatic imine (C=N–C) groups is 1. The molecule has 0 rings (SSSR count). The van der Waals surface area contributed by atoms with Gasteiger partial charge >= 0.3 is 0 Å². The van der Waals surface area contributed by atoms with E-state index in [-0.39, 0.29) is 24.0 Å². The predicted octanol–water partition coefficient (Wildman–Crippen LogP) is 1.60. The van der Waals surface area contributed by atoms with Crippen LogP contribution in [0.1, 0.15) is 27.2 Å². The summed E-state index contributed by atoms with van der Waals surface area (Å²) in [5.74, 6) is 0.888. The number of hydrogen-bond donors (Lipinski definition) is 2. The van der Waals surface area contributed by atoms with E-state index < -0.39 is 0 Å². The Morgan fingerprint density at radius 1 is 1.40 bits per heavy atom. The van der Waals surface area contributed by atoms with Gasteiger partial charge in [-0.2, -0.15) is 0 Å². The SMILES string of the molecule is CCNC(=NCCCOC)NC(C)C.I. The summed E-state index contributed by atoms with van der Waals surface area (Å²) in [5.41, 5.74) is 0. The minimum absolute atomic E-state index is 0. The normalized spacial score (nSPS) is 11.1. The molecule has 0 saturated heterocycles. The first-order chi connectivity index (χ1) is 6.70. The molecule has 0 aliphatic carbocycles. The average molecular weight is 329 g/mol. The Labute approximate surface area is 110 Å². The Morgan fingerprint density at radius 3 is 2.53 bits per heavy atom. The molecule has 4 nitrogen and oxygen atoms in total. The molecule has 0 saturated carbocycles. The fraction of sp³-hybridized carbons (Fsp3) is 0.900. The molecule has 0 bridgehead atoms. The lowest BCUT2D eigenvalue weighted by Gasteiger charge is -2.13. The van der Waals surface area contributed by atoms with Gasteiger partial charge < -0.3 is 15.4 Å². The van der Waals surface area contributed by atoms with E-state index in [1.54, 1.807) is 7.11 Å². The van der Waals surface area contributed by atoms with Crippen LogP contribution in [0.4, 0.5) is 0 Å². The van der Waals surface area contributed by atoms with Crippen molar-refractivity contribution in [2.45, 2.75) is 33.2 Å². The second-order valence-electron chi connectivity index (χ2n) is 3.41. The van der Waals surface area contributed by atoms with Gasteiger partial charge in [-0.3, -0.25) is 4.99 Å². The first kappa shape index (κ1) is 17.4.